The number of rotatable bonds is 9. The van der Waals surface area contributed by atoms with Crippen LogP contribution in [0.25, 0.3) is 11.0 Å². The number of aryl methyl sites for hydroxylation is 1. The fourth-order valence-corrected chi connectivity index (χ4v) is 5.51. The number of methoxy groups -OCH3 is 1. The van der Waals surface area contributed by atoms with Gasteiger partial charge in [0.1, 0.15) is 28.2 Å². The average Bonchev–Trinajstić information content (AvgIpc) is 3.63. The Morgan fingerprint density at radius 1 is 1.04 bits per heavy atom. The minimum absolute atomic E-state index is 0.0670. The van der Waals surface area contributed by atoms with Crippen LogP contribution >= 0.6 is 0 Å². The molecule has 13 heteroatoms. The number of carbonyl (C=O) groups excluding carboxylic acids is 2. The summed E-state index contributed by atoms with van der Waals surface area (Å²) in [6, 6.07) is 16.4. The molecule has 1 aliphatic heterocycles. The number of aromatic amines is 1. The van der Waals surface area contributed by atoms with Crippen LogP contribution < -0.4 is 20.1 Å². The molecule has 250 valence electrons. The van der Waals surface area contributed by atoms with Gasteiger partial charge in [-0.2, -0.15) is 5.10 Å². The maximum Gasteiger partial charge on any atom is 0.410 e. The molecule has 13 nitrogen and oxygen atoms in total. The number of pyridine rings is 1. The van der Waals surface area contributed by atoms with E-state index in [2.05, 4.69) is 20.6 Å². The number of benzene rings is 2. The Balaban J connectivity index is 1.27. The number of ether oxygens (including phenoxy) is 3. The number of aromatic nitrogens is 5. The topological polar surface area (TPSA) is 149 Å². The Bertz CT molecular complexity index is 1890. The van der Waals surface area contributed by atoms with E-state index in [0.29, 0.717) is 59.5 Å². The summed E-state index contributed by atoms with van der Waals surface area (Å²) in [7, 11) is 1.64. The molecular weight excluding hydrogens is 612 g/mol. The largest absolute Gasteiger partial charge is 0.497 e. The van der Waals surface area contributed by atoms with Crippen molar-refractivity contribution in [2.75, 3.05) is 30.8 Å². The second kappa shape index (κ2) is 13.6. The third-order valence-electron chi connectivity index (χ3n) is 7.78. The lowest BCUT2D eigenvalue weighted by molar-refractivity contribution is 0.0206. The quantitative estimate of drug-likeness (QED) is 0.165. The van der Waals surface area contributed by atoms with Gasteiger partial charge in [-0.25, -0.2) is 19.4 Å². The summed E-state index contributed by atoms with van der Waals surface area (Å²) in [5.74, 6) is 2.55. The number of nitrogens with zero attached hydrogens (tertiary/aromatic N) is 5. The molecule has 0 unspecified atom stereocenters. The van der Waals surface area contributed by atoms with E-state index in [4.69, 9.17) is 24.3 Å². The first-order chi connectivity index (χ1) is 23.0. The maximum absolute atomic E-state index is 12.9. The first kappa shape index (κ1) is 32.4. The van der Waals surface area contributed by atoms with Gasteiger partial charge in [-0.05, 0) is 82.5 Å². The zero-order chi connectivity index (χ0) is 33.8. The molecule has 1 saturated heterocycles. The van der Waals surface area contributed by atoms with Crippen LogP contribution in [0.3, 0.4) is 0 Å². The van der Waals surface area contributed by atoms with Crippen molar-refractivity contribution in [2.24, 2.45) is 0 Å². The number of amides is 2. The van der Waals surface area contributed by atoms with Gasteiger partial charge in [0.2, 0.25) is 5.95 Å². The first-order valence-corrected chi connectivity index (χ1v) is 15.9. The number of H-pyrrole nitrogens is 1. The van der Waals surface area contributed by atoms with Crippen LogP contribution in [0.1, 0.15) is 55.2 Å². The number of fused-ring (bicyclic) bond motifs is 1. The summed E-state index contributed by atoms with van der Waals surface area (Å²) in [4.78, 5) is 39.2. The Hall–Kier alpha value is -5.59. The second-order valence-corrected chi connectivity index (χ2v) is 12.7. The molecule has 0 spiro atoms. The monoisotopic (exact) mass is 652 g/mol. The second-order valence-electron chi connectivity index (χ2n) is 12.7. The summed E-state index contributed by atoms with van der Waals surface area (Å²) < 4.78 is 19.2. The first-order valence-electron chi connectivity index (χ1n) is 15.9. The number of hydrogen-bond acceptors (Lipinski definition) is 9. The molecule has 3 aromatic heterocycles. The van der Waals surface area contributed by atoms with Crippen molar-refractivity contribution in [3.05, 3.63) is 83.8 Å². The average molecular weight is 653 g/mol. The van der Waals surface area contributed by atoms with Crippen molar-refractivity contribution < 1.29 is 23.8 Å². The third kappa shape index (κ3) is 7.68. The Morgan fingerprint density at radius 2 is 1.79 bits per heavy atom. The number of carbonyl (C=O) groups is 2. The molecule has 48 heavy (non-hydrogen) atoms. The zero-order valence-corrected chi connectivity index (χ0v) is 27.7. The molecule has 0 aliphatic carbocycles. The highest BCUT2D eigenvalue weighted by molar-refractivity contribution is 6.03. The van der Waals surface area contributed by atoms with E-state index in [1.807, 2.05) is 56.6 Å². The minimum Gasteiger partial charge on any atom is -0.497 e. The van der Waals surface area contributed by atoms with Crippen LogP contribution in [0, 0.1) is 6.92 Å². The third-order valence-corrected chi connectivity index (χ3v) is 7.78. The normalized spacial score (nSPS) is 14.9. The standard InChI is InChI=1S/C35H40N8O5/c1-22-19-37-33(38-22)40-32(44)24-10-14-27(15-11-24)47-28-16-17-36-31-29(28)30(41-43(31)20-23-8-12-26(46-5)13-9-23)39-25-7-6-18-42(21-25)34(45)48-35(2,3)4/h8-17,19,25H,6-7,18,20-21H2,1-5H3,(H,39,41)(H2,37,38,40,44)/t25-/m1/s1. The summed E-state index contributed by atoms with van der Waals surface area (Å²) in [6.45, 7) is 9.00. The molecule has 6 rings (SSSR count). The van der Waals surface area contributed by atoms with Crippen molar-refractivity contribution in [2.45, 2.75) is 58.7 Å². The molecule has 0 radical (unpaired) electrons. The highest BCUT2D eigenvalue weighted by atomic mass is 16.6. The van der Waals surface area contributed by atoms with Crippen LogP contribution in [-0.2, 0) is 11.3 Å². The number of hydrogen-bond donors (Lipinski definition) is 3. The molecule has 0 bridgehead atoms. The molecule has 3 N–H and O–H groups in total. The van der Waals surface area contributed by atoms with Crippen molar-refractivity contribution in [1.29, 1.82) is 0 Å². The fraction of sp³-hybridized carbons (Fsp3) is 0.343. The molecule has 0 saturated carbocycles. The predicted molar refractivity (Wildman–Crippen MR) is 182 cm³/mol. The molecule has 1 fully saturated rings. The van der Waals surface area contributed by atoms with Crippen LogP contribution in [0.15, 0.2) is 67.0 Å². The van der Waals surface area contributed by atoms with E-state index in [-0.39, 0.29) is 18.0 Å². The van der Waals surface area contributed by atoms with E-state index >= 15 is 0 Å². The molecule has 1 aliphatic rings. The van der Waals surface area contributed by atoms with Gasteiger partial charge >= 0.3 is 6.09 Å². The lowest BCUT2D eigenvalue weighted by Gasteiger charge is -2.34. The van der Waals surface area contributed by atoms with Gasteiger partial charge in [0.25, 0.3) is 5.91 Å². The molecule has 2 amide bonds. The Morgan fingerprint density at radius 3 is 2.48 bits per heavy atom. The summed E-state index contributed by atoms with van der Waals surface area (Å²) in [6.07, 6.45) is 4.75. The van der Waals surface area contributed by atoms with E-state index in [9.17, 15) is 9.59 Å². The molecule has 5 aromatic rings. The summed E-state index contributed by atoms with van der Waals surface area (Å²) in [5.41, 5.74) is 2.31. The van der Waals surface area contributed by atoms with E-state index < -0.39 is 5.60 Å². The Kier molecular flexibility index (Phi) is 9.19. The van der Waals surface area contributed by atoms with Crippen LogP contribution in [-0.4, -0.2) is 73.5 Å². The number of imidazole rings is 1. The zero-order valence-electron chi connectivity index (χ0n) is 27.7. The SMILES string of the molecule is COc1ccc(Cn2nc(N[C@@H]3CCCN(C(=O)OC(C)(C)C)C3)c3c(Oc4ccc(C(=O)Nc5nc(C)c[nH]5)cc4)ccnc32)cc1. The molecule has 2 aromatic carbocycles. The van der Waals surface area contributed by atoms with Crippen molar-refractivity contribution in [1.82, 2.24) is 29.6 Å². The lowest BCUT2D eigenvalue weighted by Crippen LogP contribution is -2.47. The maximum atomic E-state index is 12.9. The van der Waals surface area contributed by atoms with Gasteiger partial charge in [0.15, 0.2) is 11.5 Å². The van der Waals surface area contributed by atoms with Gasteiger partial charge in [-0.3, -0.25) is 10.1 Å². The van der Waals surface area contributed by atoms with Gasteiger partial charge in [-0.15, -0.1) is 0 Å². The summed E-state index contributed by atoms with van der Waals surface area (Å²) >= 11 is 0. The van der Waals surface area contributed by atoms with Gasteiger partial charge in [-0.1, -0.05) is 12.1 Å². The fourth-order valence-electron chi connectivity index (χ4n) is 5.51. The van der Waals surface area contributed by atoms with Gasteiger partial charge in [0, 0.05) is 43.2 Å². The smallest absolute Gasteiger partial charge is 0.410 e. The van der Waals surface area contributed by atoms with E-state index in [1.165, 1.54) is 0 Å². The van der Waals surface area contributed by atoms with Crippen molar-refractivity contribution >= 4 is 34.8 Å². The summed E-state index contributed by atoms with van der Waals surface area (Å²) in [5, 5.41) is 12.0. The minimum atomic E-state index is -0.577. The lowest BCUT2D eigenvalue weighted by atomic mass is 10.1. The number of piperidine rings is 1. The van der Waals surface area contributed by atoms with E-state index in [0.717, 1.165) is 29.8 Å². The molecule has 1 atom stereocenters. The van der Waals surface area contributed by atoms with Gasteiger partial charge in [0.05, 0.1) is 19.3 Å². The number of likely N-dealkylation sites (tertiary alicyclic amines) is 1. The van der Waals surface area contributed by atoms with Crippen LogP contribution in [0.2, 0.25) is 0 Å². The van der Waals surface area contributed by atoms with Crippen LogP contribution in [0.5, 0.6) is 17.2 Å². The van der Waals surface area contributed by atoms with Crippen molar-refractivity contribution in [3.8, 4) is 17.2 Å². The highest BCUT2D eigenvalue weighted by Crippen LogP contribution is 2.35. The van der Waals surface area contributed by atoms with E-state index in [1.54, 1.807) is 54.7 Å². The molecular formula is C35H40N8O5. The van der Waals surface area contributed by atoms with Crippen molar-refractivity contribution in [3.63, 3.8) is 0 Å². The molecule has 4 heterocycles. The highest BCUT2D eigenvalue weighted by Gasteiger charge is 2.29. The Labute approximate surface area is 278 Å². The van der Waals surface area contributed by atoms with Crippen LogP contribution in [0.4, 0.5) is 16.6 Å². The predicted octanol–water partition coefficient (Wildman–Crippen LogP) is 6.38. The van der Waals surface area contributed by atoms with Gasteiger partial charge < -0.3 is 29.4 Å². The number of anilines is 2. The number of nitrogens with one attached hydrogen (secondary N) is 3.